The van der Waals surface area contributed by atoms with E-state index < -0.39 is 6.29 Å². The first-order valence-electron chi connectivity index (χ1n) is 5.30. The second-order valence-corrected chi connectivity index (χ2v) is 3.09. The maximum Gasteiger partial charge on any atom is 0.304 e. The van der Waals surface area contributed by atoms with Gasteiger partial charge in [0.05, 0.1) is 6.61 Å². The molecule has 0 heterocycles. The summed E-state index contributed by atoms with van der Waals surface area (Å²) >= 11 is 0. The normalized spacial score (nSPS) is 13.9. The predicted molar refractivity (Wildman–Crippen MR) is 61.7 cm³/mol. The van der Waals surface area contributed by atoms with E-state index in [1.807, 2.05) is 32.1 Å². The maximum absolute atomic E-state index is 10.6. The van der Waals surface area contributed by atoms with Gasteiger partial charge < -0.3 is 14.2 Å². The standard InChI is InChI=1S/C12H20O4/c1-5-7-12(6-2)15-9-8-14-11(4)16-10(3)13/h5-7,11H,8-9H2,1-4H3/b7-5-,12-6+. The molecule has 0 aromatic carbocycles. The van der Waals surface area contributed by atoms with Gasteiger partial charge in [0.25, 0.3) is 0 Å². The van der Waals surface area contributed by atoms with Crippen molar-refractivity contribution in [1.82, 2.24) is 0 Å². The van der Waals surface area contributed by atoms with Gasteiger partial charge in [0.2, 0.25) is 0 Å². The molecule has 0 N–H and O–H groups in total. The number of rotatable bonds is 7. The Labute approximate surface area is 96.9 Å². The van der Waals surface area contributed by atoms with Crippen molar-refractivity contribution in [2.24, 2.45) is 0 Å². The smallest absolute Gasteiger partial charge is 0.304 e. The molecule has 0 aliphatic heterocycles. The summed E-state index contributed by atoms with van der Waals surface area (Å²) in [7, 11) is 0. The van der Waals surface area contributed by atoms with E-state index in [-0.39, 0.29) is 5.97 Å². The molecule has 0 aliphatic rings. The van der Waals surface area contributed by atoms with E-state index in [0.29, 0.717) is 13.2 Å². The Morgan fingerprint density at radius 3 is 2.50 bits per heavy atom. The number of esters is 1. The Morgan fingerprint density at radius 1 is 1.31 bits per heavy atom. The molecule has 0 aromatic heterocycles. The lowest BCUT2D eigenvalue weighted by Crippen LogP contribution is -2.18. The summed E-state index contributed by atoms with van der Waals surface area (Å²) in [4.78, 5) is 10.6. The van der Waals surface area contributed by atoms with Crippen LogP contribution in [0.15, 0.2) is 24.0 Å². The molecular weight excluding hydrogens is 208 g/mol. The first kappa shape index (κ1) is 14.7. The average Bonchev–Trinajstić information content (AvgIpc) is 2.21. The van der Waals surface area contributed by atoms with Crippen LogP contribution in [0.1, 0.15) is 27.7 Å². The van der Waals surface area contributed by atoms with Crippen LogP contribution in [0.3, 0.4) is 0 Å². The molecule has 0 bridgehead atoms. The van der Waals surface area contributed by atoms with Crippen LogP contribution >= 0.6 is 0 Å². The topological polar surface area (TPSA) is 44.8 Å². The van der Waals surface area contributed by atoms with Gasteiger partial charge in [0.15, 0.2) is 6.29 Å². The number of ether oxygens (including phenoxy) is 3. The second-order valence-electron chi connectivity index (χ2n) is 3.09. The lowest BCUT2D eigenvalue weighted by Gasteiger charge is -2.13. The van der Waals surface area contributed by atoms with Crippen LogP contribution < -0.4 is 0 Å². The first-order chi connectivity index (χ1) is 7.60. The molecule has 0 fully saturated rings. The molecular formula is C12H20O4. The van der Waals surface area contributed by atoms with Crippen molar-refractivity contribution < 1.29 is 19.0 Å². The van der Waals surface area contributed by atoms with Gasteiger partial charge in [-0.15, -0.1) is 0 Å². The Kier molecular flexibility index (Phi) is 8.25. The third-order valence-electron chi connectivity index (χ3n) is 1.65. The molecule has 16 heavy (non-hydrogen) atoms. The Hall–Kier alpha value is -1.29. The highest BCUT2D eigenvalue weighted by Crippen LogP contribution is 2.00. The fourth-order valence-corrected chi connectivity index (χ4v) is 1.03. The van der Waals surface area contributed by atoms with Gasteiger partial charge in [-0.05, 0) is 32.9 Å². The summed E-state index contributed by atoms with van der Waals surface area (Å²) in [5, 5.41) is 0. The van der Waals surface area contributed by atoms with Gasteiger partial charge in [-0.2, -0.15) is 0 Å². The number of carbonyl (C=O) groups excluding carboxylic acids is 1. The van der Waals surface area contributed by atoms with Crippen LogP contribution in [0.2, 0.25) is 0 Å². The highest BCUT2D eigenvalue weighted by Gasteiger charge is 2.04. The van der Waals surface area contributed by atoms with Crippen molar-refractivity contribution in [1.29, 1.82) is 0 Å². The van der Waals surface area contributed by atoms with Crippen LogP contribution in [0.5, 0.6) is 0 Å². The van der Waals surface area contributed by atoms with Crippen molar-refractivity contribution in [3.8, 4) is 0 Å². The molecule has 92 valence electrons. The minimum Gasteiger partial charge on any atom is -0.492 e. The minimum atomic E-state index is -0.531. The Balaban J connectivity index is 3.63. The molecule has 1 unspecified atom stereocenters. The molecule has 0 aromatic rings. The third-order valence-corrected chi connectivity index (χ3v) is 1.65. The Bertz CT molecular complexity index is 256. The number of carbonyl (C=O) groups is 1. The van der Waals surface area contributed by atoms with Crippen molar-refractivity contribution in [3.05, 3.63) is 24.0 Å². The zero-order valence-corrected chi connectivity index (χ0v) is 10.4. The third kappa shape index (κ3) is 8.05. The van der Waals surface area contributed by atoms with Crippen LogP contribution in [0.25, 0.3) is 0 Å². The van der Waals surface area contributed by atoms with E-state index in [2.05, 4.69) is 0 Å². The summed E-state index contributed by atoms with van der Waals surface area (Å²) in [6, 6.07) is 0. The predicted octanol–water partition coefficient (Wildman–Crippen LogP) is 2.41. The monoisotopic (exact) mass is 228 g/mol. The zero-order valence-electron chi connectivity index (χ0n) is 10.4. The molecule has 0 radical (unpaired) electrons. The second kappa shape index (κ2) is 8.97. The summed E-state index contributed by atoms with van der Waals surface area (Å²) < 4.78 is 15.4. The van der Waals surface area contributed by atoms with Crippen LogP contribution in [-0.2, 0) is 19.0 Å². The van der Waals surface area contributed by atoms with Gasteiger partial charge >= 0.3 is 5.97 Å². The van der Waals surface area contributed by atoms with E-state index in [0.717, 1.165) is 5.76 Å². The molecule has 0 saturated heterocycles. The first-order valence-corrected chi connectivity index (χ1v) is 5.30. The maximum atomic E-state index is 10.6. The van der Waals surface area contributed by atoms with E-state index >= 15 is 0 Å². The van der Waals surface area contributed by atoms with Crippen molar-refractivity contribution in [3.63, 3.8) is 0 Å². The van der Waals surface area contributed by atoms with E-state index in [4.69, 9.17) is 14.2 Å². The summed E-state index contributed by atoms with van der Waals surface area (Å²) in [6.45, 7) is 7.65. The van der Waals surface area contributed by atoms with Gasteiger partial charge in [0.1, 0.15) is 12.4 Å². The van der Waals surface area contributed by atoms with Crippen LogP contribution in [-0.4, -0.2) is 25.5 Å². The molecule has 1 atom stereocenters. The van der Waals surface area contributed by atoms with E-state index in [1.165, 1.54) is 6.92 Å². The highest BCUT2D eigenvalue weighted by molar-refractivity contribution is 5.65. The molecule has 0 saturated carbocycles. The Morgan fingerprint density at radius 2 is 2.00 bits per heavy atom. The SMILES string of the molecule is C/C=C\C(=C/C)OCCOC(C)OC(C)=O. The van der Waals surface area contributed by atoms with Gasteiger partial charge in [-0.3, -0.25) is 4.79 Å². The van der Waals surface area contributed by atoms with Gasteiger partial charge in [0, 0.05) is 6.92 Å². The lowest BCUT2D eigenvalue weighted by molar-refractivity contribution is -0.173. The molecule has 0 spiro atoms. The average molecular weight is 228 g/mol. The molecule has 4 heteroatoms. The van der Waals surface area contributed by atoms with E-state index in [1.54, 1.807) is 6.92 Å². The van der Waals surface area contributed by atoms with Crippen molar-refractivity contribution in [2.45, 2.75) is 34.0 Å². The molecule has 0 amide bonds. The molecule has 4 nitrogen and oxygen atoms in total. The zero-order chi connectivity index (χ0) is 12.4. The fourth-order valence-electron chi connectivity index (χ4n) is 1.03. The van der Waals surface area contributed by atoms with Crippen LogP contribution in [0.4, 0.5) is 0 Å². The molecule has 0 rings (SSSR count). The molecule has 0 aliphatic carbocycles. The van der Waals surface area contributed by atoms with E-state index in [9.17, 15) is 4.79 Å². The number of allylic oxidation sites excluding steroid dienone is 3. The van der Waals surface area contributed by atoms with Crippen molar-refractivity contribution >= 4 is 5.97 Å². The number of hydrogen-bond donors (Lipinski definition) is 0. The fraction of sp³-hybridized carbons (Fsp3) is 0.583. The summed E-state index contributed by atoms with van der Waals surface area (Å²) in [5.74, 6) is 0.447. The van der Waals surface area contributed by atoms with Crippen LogP contribution in [0, 0.1) is 0 Å². The lowest BCUT2D eigenvalue weighted by atomic mass is 10.4. The highest BCUT2D eigenvalue weighted by atomic mass is 16.7. The minimum absolute atomic E-state index is 0.350. The van der Waals surface area contributed by atoms with Gasteiger partial charge in [-0.1, -0.05) is 6.08 Å². The summed E-state index contributed by atoms with van der Waals surface area (Å²) in [5.41, 5.74) is 0. The van der Waals surface area contributed by atoms with Crippen molar-refractivity contribution in [2.75, 3.05) is 13.2 Å². The number of hydrogen-bond acceptors (Lipinski definition) is 4. The quantitative estimate of drug-likeness (QED) is 0.221. The van der Waals surface area contributed by atoms with Gasteiger partial charge in [-0.25, -0.2) is 0 Å². The summed E-state index contributed by atoms with van der Waals surface area (Å²) in [6.07, 6.45) is 5.11. The largest absolute Gasteiger partial charge is 0.492 e.